The molecule has 3 heteroatoms. The topological polar surface area (TPSA) is 46.2 Å². The number of allylic oxidation sites excluding steroid dienone is 2. The zero-order valence-electron chi connectivity index (χ0n) is 9.01. The Balaban J connectivity index is 3.36. The van der Waals surface area contributed by atoms with Crippen LogP contribution in [-0.4, -0.2) is 18.2 Å². The molecule has 0 aromatic carbocycles. The Kier molecular flexibility index (Phi) is 7.80. The fraction of sp³-hybridized carbons (Fsp3) is 0.636. The third-order valence-corrected chi connectivity index (χ3v) is 1.89. The van der Waals surface area contributed by atoms with Crippen LogP contribution in [0, 0.1) is 0 Å². The Morgan fingerprint density at radius 3 is 2.57 bits per heavy atom. The summed E-state index contributed by atoms with van der Waals surface area (Å²) in [6, 6.07) is 0. The van der Waals surface area contributed by atoms with Gasteiger partial charge in [-0.1, -0.05) is 19.1 Å². The molecule has 0 aliphatic heterocycles. The number of carbonyl (C=O) groups excluding carboxylic acids is 2. The number of nitrogens with one attached hydrogen (secondary N) is 1. The van der Waals surface area contributed by atoms with Gasteiger partial charge in [0, 0.05) is 13.0 Å². The normalized spacial score (nSPS) is 10.4. The molecule has 0 bridgehead atoms. The molecule has 0 unspecified atom stereocenters. The van der Waals surface area contributed by atoms with E-state index >= 15 is 0 Å². The van der Waals surface area contributed by atoms with Gasteiger partial charge >= 0.3 is 0 Å². The second-order valence-electron chi connectivity index (χ2n) is 3.10. The molecule has 0 atom stereocenters. The molecule has 0 rings (SSSR count). The van der Waals surface area contributed by atoms with Gasteiger partial charge in [-0.05, 0) is 26.2 Å². The number of unbranched alkanes of at least 4 members (excludes halogenated alkanes) is 2. The van der Waals surface area contributed by atoms with Crippen molar-refractivity contribution in [3.8, 4) is 0 Å². The summed E-state index contributed by atoms with van der Waals surface area (Å²) in [6.07, 6.45) is 7.40. The van der Waals surface area contributed by atoms with Gasteiger partial charge in [-0.25, -0.2) is 0 Å². The summed E-state index contributed by atoms with van der Waals surface area (Å²) in [5.41, 5.74) is 0. The molecule has 14 heavy (non-hydrogen) atoms. The molecule has 80 valence electrons. The van der Waals surface area contributed by atoms with Crippen LogP contribution in [0.1, 0.15) is 39.5 Å². The SMILES string of the molecule is C/C=C\CCCCNC(=O)C(=O)CC. The van der Waals surface area contributed by atoms with Gasteiger partial charge in [0.1, 0.15) is 0 Å². The van der Waals surface area contributed by atoms with Crippen LogP contribution in [0.4, 0.5) is 0 Å². The minimum Gasteiger partial charge on any atom is -0.350 e. The zero-order chi connectivity index (χ0) is 10.8. The molecule has 0 aliphatic rings. The van der Waals surface area contributed by atoms with Gasteiger partial charge < -0.3 is 5.32 Å². The molecular formula is C11H19NO2. The van der Waals surface area contributed by atoms with E-state index in [1.54, 1.807) is 6.92 Å². The van der Waals surface area contributed by atoms with Crippen molar-refractivity contribution in [1.82, 2.24) is 5.32 Å². The monoisotopic (exact) mass is 197 g/mol. The molecule has 0 fully saturated rings. The van der Waals surface area contributed by atoms with Gasteiger partial charge in [-0.2, -0.15) is 0 Å². The predicted octanol–water partition coefficient (Wildman–Crippen LogP) is 1.83. The highest BCUT2D eigenvalue weighted by atomic mass is 16.2. The van der Waals surface area contributed by atoms with Crippen LogP contribution in [0.15, 0.2) is 12.2 Å². The first-order valence-corrected chi connectivity index (χ1v) is 5.14. The van der Waals surface area contributed by atoms with Gasteiger partial charge in [0.25, 0.3) is 5.91 Å². The average molecular weight is 197 g/mol. The van der Waals surface area contributed by atoms with E-state index in [9.17, 15) is 9.59 Å². The Bertz CT molecular complexity index is 209. The molecule has 0 saturated heterocycles. The number of Topliss-reactive ketones (excluding diaryl/α,β-unsaturated/α-hetero) is 1. The first-order valence-electron chi connectivity index (χ1n) is 5.14. The van der Waals surface area contributed by atoms with E-state index in [4.69, 9.17) is 0 Å². The zero-order valence-corrected chi connectivity index (χ0v) is 9.01. The Labute approximate surface area is 85.6 Å². The molecule has 0 radical (unpaired) electrons. The summed E-state index contributed by atoms with van der Waals surface area (Å²) in [7, 11) is 0. The lowest BCUT2D eigenvalue weighted by atomic mass is 10.2. The summed E-state index contributed by atoms with van der Waals surface area (Å²) in [5, 5.41) is 2.60. The lowest BCUT2D eigenvalue weighted by molar-refractivity contribution is -0.137. The van der Waals surface area contributed by atoms with Crippen molar-refractivity contribution in [2.75, 3.05) is 6.54 Å². The summed E-state index contributed by atoms with van der Waals surface area (Å²) in [6.45, 7) is 4.28. The second-order valence-corrected chi connectivity index (χ2v) is 3.10. The van der Waals surface area contributed by atoms with Crippen molar-refractivity contribution in [3.63, 3.8) is 0 Å². The van der Waals surface area contributed by atoms with E-state index < -0.39 is 5.91 Å². The minimum absolute atomic E-state index is 0.282. The summed E-state index contributed by atoms with van der Waals surface area (Å²) in [5.74, 6) is -0.781. The van der Waals surface area contributed by atoms with Crippen molar-refractivity contribution < 1.29 is 9.59 Å². The van der Waals surface area contributed by atoms with E-state index in [-0.39, 0.29) is 12.2 Å². The first-order chi connectivity index (χ1) is 6.72. The van der Waals surface area contributed by atoms with E-state index in [0.717, 1.165) is 19.3 Å². The highest BCUT2D eigenvalue weighted by Gasteiger charge is 2.08. The fourth-order valence-corrected chi connectivity index (χ4v) is 1.01. The van der Waals surface area contributed by atoms with Crippen molar-refractivity contribution in [2.45, 2.75) is 39.5 Å². The maximum atomic E-state index is 11.0. The molecular weight excluding hydrogens is 178 g/mol. The number of carbonyl (C=O) groups is 2. The Hall–Kier alpha value is -1.12. The quantitative estimate of drug-likeness (QED) is 0.384. The van der Waals surface area contributed by atoms with Gasteiger partial charge in [0.15, 0.2) is 0 Å². The summed E-state index contributed by atoms with van der Waals surface area (Å²) >= 11 is 0. The maximum absolute atomic E-state index is 11.0. The standard InChI is InChI=1S/C11H19NO2/c1-3-5-6-7-8-9-12-11(14)10(13)4-2/h3,5H,4,6-9H2,1-2H3,(H,12,14)/b5-3-. The van der Waals surface area contributed by atoms with Gasteiger partial charge in [0.05, 0.1) is 0 Å². The smallest absolute Gasteiger partial charge is 0.287 e. The Morgan fingerprint density at radius 2 is 2.00 bits per heavy atom. The number of rotatable bonds is 7. The number of ketones is 1. The largest absolute Gasteiger partial charge is 0.350 e. The van der Waals surface area contributed by atoms with E-state index in [0.29, 0.717) is 6.54 Å². The van der Waals surface area contributed by atoms with Crippen molar-refractivity contribution in [1.29, 1.82) is 0 Å². The minimum atomic E-state index is -0.446. The first kappa shape index (κ1) is 12.9. The predicted molar refractivity (Wildman–Crippen MR) is 57.0 cm³/mol. The molecule has 0 aromatic rings. The third kappa shape index (κ3) is 6.40. The molecule has 0 aliphatic carbocycles. The molecule has 1 N–H and O–H groups in total. The van der Waals surface area contributed by atoms with Crippen LogP contribution >= 0.6 is 0 Å². The molecule has 0 saturated carbocycles. The molecule has 0 heterocycles. The lowest BCUT2D eigenvalue weighted by Gasteiger charge is -2.01. The van der Waals surface area contributed by atoms with Gasteiger partial charge in [-0.3, -0.25) is 9.59 Å². The van der Waals surface area contributed by atoms with Crippen LogP contribution in [0.25, 0.3) is 0 Å². The second kappa shape index (κ2) is 8.48. The van der Waals surface area contributed by atoms with E-state index in [2.05, 4.69) is 11.4 Å². The van der Waals surface area contributed by atoms with Crippen molar-refractivity contribution in [2.24, 2.45) is 0 Å². The van der Waals surface area contributed by atoms with Crippen LogP contribution in [0.5, 0.6) is 0 Å². The van der Waals surface area contributed by atoms with Crippen molar-refractivity contribution >= 4 is 11.7 Å². The van der Waals surface area contributed by atoms with Gasteiger partial charge in [0.2, 0.25) is 5.78 Å². The number of hydrogen-bond acceptors (Lipinski definition) is 2. The molecule has 0 aromatic heterocycles. The fourth-order valence-electron chi connectivity index (χ4n) is 1.01. The lowest BCUT2D eigenvalue weighted by Crippen LogP contribution is -2.31. The van der Waals surface area contributed by atoms with Crippen LogP contribution < -0.4 is 5.32 Å². The van der Waals surface area contributed by atoms with Crippen LogP contribution in [0.3, 0.4) is 0 Å². The average Bonchev–Trinajstić information content (AvgIpc) is 2.21. The molecule has 1 amide bonds. The summed E-state index contributed by atoms with van der Waals surface area (Å²) in [4.78, 5) is 21.8. The van der Waals surface area contributed by atoms with Crippen LogP contribution in [0.2, 0.25) is 0 Å². The van der Waals surface area contributed by atoms with Gasteiger partial charge in [-0.15, -0.1) is 0 Å². The van der Waals surface area contributed by atoms with Crippen LogP contribution in [-0.2, 0) is 9.59 Å². The Morgan fingerprint density at radius 1 is 1.29 bits per heavy atom. The van der Waals surface area contributed by atoms with E-state index in [1.807, 2.05) is 13.0 Å². The van der Waals surface area contributed by atoms with Crippen molar-refractivity contribution in [3.05, 3.63) is 12.2 Å². The third-order valence-electron chi connectivity index (χ3n) is 1.89. The van der Waals surface area contributed by atoms with E-state index in [1.165, 1.54) is 0 Å². The highest BCUT2D eigenvalue weighted by Crippen LogP contribution is 1.95. The summed E-state index contributed by atoms with van der Waals surface area (Å²) < 4.78 is 0. The highest BCUT2D eigenvalue weighted by molar-refractivity contribution is 6.36. The number of hydrogen-bond donors (Lipinski definition) is 1. The molecule has 0 spiro atoms. The maximum Gasteiger partial charge on any atom is 0.287 e. The molecule has 3 nitrogen and oxygen atoms in total. The number of amides is 1.